The summed E-state index contributed by atoms with van der Waals surface area (Å²) in [5, 5.41) is 14.6. The first-order valence-corrected chi connectivity index (χ1v) is 20.4. The van der Waals surface area contributed by atoms with Gasteiger partial charge in [-0.2, -0.15) is 0 Å². The lowest BCUT2D eigenvalue weighted by Crippen LogP contribution is -2.29. The van der Waals surface area contributed by atoms with Crippen molar-refractivity contribution in [3.8, 4) is 0 Å². The zero-order valence-electron chi connectivity index (χ0n) is 32.9. The number of carbonyl (C=O) groups is 1. The maximum atomic E-state index is 15.8. The molecule has 0 saturated carbocycles. The maximum Gasteiger partial charge on any atom is 0.195 e. The minimum absolute atomic E-state index is 0.0880. The number of allylic oxidation sites excluding steroid dienone is 6. The van der Waals surface area contributed by atoms with E-state index in [1.54, 1.807) is 0 Å². The Hall–Kier alpha value is -7.65. The van der Waals surface area contributed by atoms with Crippen LogP contribution in [0.25, 0.3) is 44.6 Å². The molecule has 0 atom stereocenters. The van der Waals surface area contributed by atoms with Gasteiger partial charge in [-0.25, -0.2) is 0 Å². The third-order valence-corrected chi connectivity index (χ3v) is 11.7. The summed E-state index contributed by atoms with van der Waals surface area (Å²) in [7, 11) is 0. The molecule has 2 heteroatoms. The van der Waals surface area contributed by atoms with Crippen molar-refractivity contribution in [3.63, 3.8) is 0 Å². The van der Waals surface area contributed by atoms with E-state index in [4.69, 9.17) is 0 Å². The van der Waals surface area contributed by atoms with Crippen LogP contribution < -0.4 is 0 Å². The second-order valence-corrected chi connectivity index (χ2v) is 15.1. The number of Topliss-reactive ketones (excluding diaryl/α,β-unsaturated/α-hetero) is 1. The molecule has 0 fully saturated rings. The van der Waals surface area contributed by atoms with Gasteiger partial charge in [0.2, 0.25) is 0 Å². The summed E-state index contributed by atoms with van der Waals surface area (Å²) in [6, 6.07) is 79.6. The fourth-order valence-electron chi connectivity index (χ4n) is 9.25. The fraction of sp³-hybridized carbons (Fsp3) is 0.0172. The zero-order chi connectivity index (χ0) is 40.5. The van der Waals surface area contributed by atoms with Gasteiger partial charge in [-0.1, -0.05) is 237 Å². The van der Waals surface area contributed by atoms with Crippen molar-refractivity contribution in [2.45, 2.75) is 5.60 Å². The van der Waals surface area contributed by atoms with Crippen molar-refractivity contribution in [2.24, 2.45) is 0 Å². The fourth-order valence-corrected chi connectivity index (χ4v) is 9.25. The molecule has 60 heavy (non-hydrogen) atoms. The highest BCUT2D eigenvalue weighted by Gasteiger charge is 2.51. The number of rotatable bonds is 9. The molecular formula is C58H40O2. The average molecular weight is 769 g/mol. The van der Waals surface area contributed by atoms with Crippen LogP contribution in [0.2, 0.25) is 0 Å². The monoisotopic (exact) mass is 768 g/mol. The highest BCUT2D eigenvalue weighted by Crippen LogP contribution is 2.62. The van der Waals surface area contributed by atoms with E-state index >= 15 is 4.79 Å². The van der Waals surface area contributed by atoms with Crippen LogP contribution in [0, 0.1) is 0 Å². The van der Waals surface area contributed by atoms with Gasteiger partial charge in [0.1, 0.15) is 5.60 Å². The Labute approximate surface area is 351 Å². The van der Waals surface area contributed by atoms with Crippen molar-refractivity contribution in [1.29, 1.82) is 0 Å². The first-order valence-electron chi connectivity index (χ1n) is 20.4. The predicted molar refractivity (Wildman–Crippen MR) is 248 cm³/mol. The Morgan fingerprint density at radius 2 is 0.533 bits per heavy atom. The quantitative estimate of drug-likeness (QED) is 0.159. The van der Waals surface area contributed by atoms with Gasteiger partial charge in [0.05, 0.1) is 0 Å². The summed E-state index contributed by atoms with van der Waals surface area (Å²) in [6.45, 7) is 0. The average Bonchev–Trinajstić information content (AvgIpc) is 3.80. The van der Waals surface area contributed by atoms with Gasteiger partial charge in [0.25, 0.3) is 0 Å². The summed E-state index contributed by atoms with van der Waals surface area (Å²) >= 11 is 0. The normalized spacial score (nSPS) is 15.0. The van der Waals surface area contributed by atoms with Crippen LogP contribution in [0.15, 0.2) is 237 Å². The summed E-state index contributed by atoms with van der Waals surface area (Å²) in [5.41, 5.74) is 12.3. The lowest BCUT2D eigenvalue weighted by Gasteiger charge is -2.34. The minimum Gasteiger partial charge on any atom is -0.376 e. The molecule has 2 aliphatic carbocycles. The molecular weight excluding hydrogens is 729 g/mol. The van der Waals surface area contributed by atoms with E-state index in [1.165, 1.54) is 0 Å². The van der Waals surface area contributed by atoms with Crippen molar-refractivity contribution in [2.75, 3.05) is 0 Å². The second kappa shape index (κ2) is 15.6. The molecule has 2 aliphatic rings. The molecule has 8 aromatic carbocycles. The van der Waals surface area contributed by atoms with E-state index < -0.39 is 5.60 Å². The lowest BCUT2D eigenvalue weighted by atomic mass is 9.73. The Bertz CT molecular complexity index is 2880. The third-order valence-electron chi connectivity index (χ3n) is 11.7. The Morgan fingerprint density at radius 3 is 0.900 bits per heavy atom. The SMILES string of the molecule is O=C1C(c2ccccc2)=C(c2ccccc2)C(c2ccccc2)=C1c1ccccc1C1(O)C(c2ccccc2)=C(c2ccccc2)C(c2ccccc2)=C1c1ccccc1. The van der Waals surface area contributed by atoms with E-state index in [2.05, 4.69) is 97.1 Å². The number of carbonyl (C=O) groups excluding carboxylic acids is 1. The van der Waals surface area contributed by atoms with E-state index in [0.717, 1.165) is 72.4 Å². The minimum atomic E-state index is -1.76. The maximum absolute atomic E-state index is 15.8. The first-order chi connectivity index (χ1) is 29.6. The number of hydrogen-bond acceptors (Lipinski definition) is 2. The van der Waals surface area contributed by atoms with Crippen molar-refractivity contribution < 1.29 is 9.90 Å². The number of ketones is 1. The molecule has 0 bridgehead atoms. The van der Waals surface area contributed by atoms with Crippen LogP contribution in [0.4, 0.5) is 0 Å². The molecule has 0 unspecified atom stereocenters. The van der Waals surface area contributed by atoms with Crippen molar-refractivity contribution >= 4 is 50.4 Å². The molecule has 0 aromatic heterocycles. The molecule has 2 nitrogen and oxygen atoms in total. The molecule has 0 aliphatic heterocycles. The summed E-state index contributed by atoms with van der Waals surface area (Å²) in [5.74, 6) is -0.0880. The zero-order valence-corrected chi connectivity index (χ0v) is 32.9. The number of benzene rings is 8. The molecule has 0 spiro atoms. The Balaban J connectivity index is 1.36. The summed E-state index contributed by atoms with van der Waals surface area (Å²) < 4.78 is 0. The van der Waals surface area contributed by atoms with Crippen LogP contribution in [-0.4, -0.2) is 10.9 Å². The van der Waals surface area contributed by atoms with Gasteiger partial charge in [-0.3, -0.25) is 4.79 Å². The van der Waals surface area contributed by atoms with Crippen LogP contribution in [0.5, 0.6) is 0 Å². The van der Waals surface area contributed by atoms with E-state index in [9.17, 15) is 5.11 Å². The predicted octanol–water partition coefficient (Wildman–Crippen LogP) is 13.2. The molecule has 1 N–H and O–H groups in total. The van der Waals surface area contributed by atoms with Crippen LogP contribution >= 0.6 is 0 Å². The van der Waals surface area contributed by atoms with E-state index in [1.807, 2.05) is 140 Å². The van der Waals surface area contributed by atoms with Crippen LogP contribution in [0.1, 0.15) is 50.1 Å². The van der Waals surface area contributed by atoms with Gasteiger partial charge in [0, 0.05) is 39.0 Å². The molecule has 0 heterocycles. The molecule has 0 radical (unpaired) electrons. The van der Waals surface area contributed by atoms with Gasteiger partial charge >= 0.3 is 0 Å². The van der Waals surface area contributed by atoms with E-state index in [-0.39, 0.29) is 5.78 Å². The van der Waals surface area contributed by atoms with Crippen LogP contribution in [-0.2, 0) is 10.4 Å². The molecule has 284 valence electrons. The van der Waals surface area contributed by atoms with Gasteiger partial charge in [-0.05, 0) is 55.7 Å². The highest BCUT2D eigenvalue weighted by molar-refractivity contribution is 6.59. The number of hydrogen-bond donors (Lipinski definition) is 1. The molecule has 0 amide bonds. The molecule has 10 rings (SSSR count). The molecule has 0 saturated heterocycles. The lowest BCUT2D eigenvalue weighted by molar-refractivity contribution is -0.108. The van der Waals surface area contributed by atoms with Gasteiger partial charge in [0.15, 0.2) is 5.78 Å². The van der Waals surface area contributed by atoms with Gasteiger partial charge < -0.3 is 5.11 Å². The Morgan fingerprint density at radius 1 is 0.267 bits per heavy atom. The standard InChI is InChI=1S/C58H40O2/c59-57-53(44-32-16-5-17-33-44)49(40-24-8-1-9-25-40)50(41-26-10-2-11-27-41)54(57)47-38-22-23-39-48(47)58(60)55(45-34-18-6-19-35-45)51(42-28-12-3-13-29-42)52(43-30-14-4-15-31-43)56(58)46-36-20-7-21-37-46/h1-39,60H. The van der Waals surface area contributed by atoms with E-state index in [0.29, 0.717) is 22.3 Å². The number of aliphatic hydroxyl groups is 1. The largest absolute Gasteiger partial charge is 0.376 e. The molecule has 8 aromatic rings. The summed E-state index contributed by atoms with van der Waals surface area (Å²) in [4.78, 5) is 15.8. The summed E-state index contributed by atoms with van der Waals surface area (Å²) in [6.07, 6.45) is 0. The second-order valence-electron chi connectivity index (χ2n) is 15.1. The third kappa shape index (κ3) is 6.14. The smallest absolute Gasteiger partial charge is 0.195 e. The highest BCUT2D eigenvalue weighted by atomic mass is 16.3. The Kier molecular flexibility index (Phi) is 9.54. The van der Waals surface area contributed by atoms with Gasteiger partial charge in [-0.15, -0.1) is 0 Å². The van der Waals surface area contributed by atoms with Crippen molar-refractivity contribution in [1.82, 2.24) is 0 Å². The topological polar surface area (TPSA) is 37.3 Å². The van der Waals surface area contributed by atoms with Crippen molar-refractivity contribution in [3.05, 3.63) is 287 Å². The first kappa shape index (κ1) is 36.7. The van der Waals surface area contributed by atoms with Crippen LogP contribution in [0.3, 0.4) is 0 Å².